The molecule has 0 fully saturated rings. The first-order chi connectivity index (χ1) is 20.4. The second-order valence-corrected chi connectivity index (χ2v) is 10.8. The van der Waals surface area contributed by atoms with Crippen LogP contribution in [-0.2, 0) is 0 Å². The van der Waals surface area contributed by atoms with Crippen LogP contribution in [0.15, 0.2) is 146 Å². The topological polar surface area (TPSA) is 22.2 Å². The van der Waals surface area contributed by atoms with Crippen molar-refractivity contribution in [3.63, 3.8) is 0 Å². The Labute approximate surface area is 237 Å². The smallest absolute Gasteiger partial charge is 0.328 e. The quantitative estimate of drug-likeness (QED) is 0.174. The van der Waals surface area contributed by atoms with Crippen LogP contribution in [0.5, 0.6) is 0 Å². The molecule has 6 aromatic carbocycles. The Bertz CT molecular complexity index is 2380. The van der Waals surface area contributed by atoms with Gasteiger partial charge in [0, 0.05) is 32.6 Å². The van der Waals surface area contributed by atoms with Gasteiger partial charge in [0.1, 0.15) is 5.65 Å². The highest BCUT2D eigenvalue weighted by Crippen LogP contribution is 2.38. The van der Waals surface area contributed by atoms with Gasteiger partial charge in [-0.3, -0.25) is 4.40 Å². The molecule has 9 rings (SSSR count). The summed E-state index contributed by atoms with van der Waals surface area (Å²) in [6.07, 6.45) is 0. The second-order valence-electron chi connectivity index (χ2n) is 10.8. The van der Waals surface area contributed by atoms with Crippen molar-refractivity contribution >= 4 is 77.9 Å². The molecule has 0 N–H and O–H groups in total. The van der Waals surface area contributed by atoms with Crippen molar-refractivity contribution in [2.75, 3.05) is 0 Å². The maximum absolute atomic E-state index is 5.13. The van der Waals surface area contributed by atoms with Gasteiger partial charge in [-0.25, -0.2) is 4.98 Å². The van der Waals surface area contributed by atoms with Gasteiger partial charge in [-0.2, -0.15) is 0 Å². The van der Waals surface area contributed by atoms with Gasteiger partial charge < -0.3 is 4.48 Å². The third kappa shape index (κ3) is 3.19. The Balaban J connectivity index is 1.51. The molecule has 0 unspecified atom stereocenters. The van der Waals surface area contributed by atoms with Gasteiger partial charge >= 0.3 is 6.85 Å². The number of aromatic nitrogens is 3. The number of hydrogen-bond acceptors (Lipinski definition) is 1. The summed E-state index contributed by atoms with van der Waals surface area (Å²) in [6, 6.07) is 52.5. The predicted molar refractivity (Wildman–Crippen MR) is 174 cm³/mol. The highest BCUT2D eigenvalue weighted by atomic mass is 15.0. The van der Waals surface area contributed by atoms with E-state index in [1.807, 2.05) is 0 Å². The molecule has 3 heterocycles. The number of nitrogens with zero attached hydrogens (tertiary/aromatic N) is 3. The molecular formula is C37H24BN3. The van der Waals surface area contributed by atoms with Crippen molar-refractivity contribution in [1.29, 1.82) is 0 Å². The number of rotatable bonds is 3. The third-order valence-corrected chi connectivity index (χ3v) is 8.58. The van der Waals surface area contributed by atoms with E-state index in [-0.39, 0.29) is 6.85 Å². The fourth-order valence-corrected chi connectivity index (χ4v) is 6.84. The van der Waals surface area contributed by atoms with Gasteiger partial charge in [0.15, 0.2) is 0 Å². The molecule has 0 amide bonds. The van der Waals surface area contributed by atoms with Gasteiger partial charge in [0.05, 0.1) is 16.6 Å². The first kappa shape index (κ1) is 22.5. The van der Waals surface area contributed by atoms with Gasteiger partial charge in [0.2, 0.25) is 0 Å². The molecule has 3 aromatic heterocycles. The number of pyridine rings is 1. The van der Waals surface area contributed by atoms with Crippen LogP contribution >= 0.6 is 0 Å². The molecule has 0 saturated carbocycles. The Kier molecular flexibility index (Phi) is 4.70. The molecule has 0 bridgehead atoms. The average molecular weight is 521 g/mol. The van der Waals surface area contributed by atoms with Crippen molar-refractivity contribution in [3.8, 4) is 0 Å². The van der Waals surface area contributed by atoms with Crippen LogP contribution < -0.4 is 10.9 Å². The summed E-state index contributed by atoms with van der Waals surface area (Å²) >= 11 is 0. The summed E-state index contributed by atoms with van der Waals surface area (Å²) < 4.78 is 4.89. The Morgan fingerprint density at radius 3 is 1.71 bits per heavy atom. The van der Waals surface area contributed by atoms with E-state index in [0.717, 1.165) is 16.7 Å². The van der Waals surface area contributed by atoms with Gasteiger partial charge in [-0.1, -0.05) is 126 Å². The number of imidazole rings is 1. The summed E-state index contributed by atoms with van der Waals surface area (Å²) in [5.74, 6) is 0. The van der Waals surface area contributed by atoms with E-state index >= 15 is 0 Å². The van der Waals surface area contributed by atoms with Crippen LogP contribution in [0.4, 0.5) is 0 Å². The lowest BCUT2D eigenvalue weighted by Crippen LogP contribution is -2.48. The molecule has 190 valence electrons. The minimum atomic E-state index is 0.0210. The molecule has 9 aromatic rings. The molecular weight excluding hydrogens is 497 g/mol. The van der Waals surface area contributed by atoms with Crippen molar-refractivity contribution in [3.05, 3.63) is 146 Å². The average Bonchev–Trinajstić information content (AvgIpc) is 3.58. The van der Waals surface area contributed by atoms with E-state index in [1.165, 1.54) is 54.4 Å². The predicted octanol–water partition coefficient (Wildman–Crippen LogP) is 7.56. The lowest BCUT2D eigenvalue weighted by molar-refractivity contribution is 1.30. The maximum Gasteiger partial charge on any atom is 0.328 e. The maximum atomic E-state index is 5.13. The molecule has 0 atom stereocenters. The van der Waals surface area contributed by atoms with Crippen LogP contribution in [0.1, 0.15) is 0 Å². The molecule has 0 aliphatic carbocycles. The van der Waals surface area contributed by atoms with Crippen LogP contribution in [0.3, 0.4) is 0 Å². The number of hydrogen-bond donors (Lipinski definition) is 0. The van der Waals surface area contributed by atoms with Gasteiger partial charge in [-0.15, -0.1) is 0 Å². The normalized spacial score (nSPS) is 11.9. The number of para-hydroxylation sites is 3. The number of benzene rings is 6. The summed E-state index contributed by atoms with van der Waals surface area (Å²) in [4.78, 5) is 5.13. The van der Waals surface area contributed by atoms with E-state index in [0.29, 0.717) is 0 Å². The zero-order chi connectivity index (χ0) is 26.9. The zero-order valence-electron chi connectivity index (χ0n) is 22.3. The first-order valence-corrected chi connectivity index (χ1v) is 14.1. The minimum Gasteiger partial charge on any atom is -0.376 e. The fraction of sp³-hybridized carbons (Fsp3) is 0. The summed E-state index contributed by atoms with van der Waals surface area (Å²) in [5, 5.41) is 6.17. The van der Waals surface area contributed by atoms with Crippen molar-refractivity contribution in [2.45, 2.75) is 0 Å². The molecule has 4 heteroatoms. The highest BCUT2D eigenvalue weighted by molar-refractivity contribution is 6.85. The van der Waals surface area contributed by atoms with Crippen molar-refractivity contribution in [1.82, 2.24) is 13.9 Å². The summed E-state index contributed by atoms with van der Waals surface area (Å²) in [5.41, 5.74) is 9.27. The largest absolute Gasteiger partial charge is 0.376 e. The zero-order valence-corrected chi connectivity index (χ0v) is 22.3. The van der Waals surface area contributed by atoms with E-state index in [4.69, 9.17) is 4.98 Å². The van der Waals surface area contributed by atoms with E-state index < -0.39 is 0 Å². The Morgan fingerprint density at radius 1 is 0.415 bits per heavy atom. The summed E-state index contributed by atoms with van der Waals surface area (Å²) in [7, 11) is 0. The molecule has 0 radical (unpaired) electrons. The third-order valence-electron chi connectivity index (χ3n) is 8.58. The molecule has 0 aliphatic rings. The molecule has 41 heavy (non-hydrogen) atoms. The Morgan fingerprint density at radius 2 is 0.976 bits per heavy atom. The standard InChI is InChI=1S/C37H24BN3/c1-3-13-25(14-4-1)38(26-15-5-2-6-16-26)41-33-21-11-9-18-28(33)31-23-30-27-17-7-8-19-29(27)37-39-32-20-10-12-22-34(32)40(37)35(30)24-36(31)41/h1-24H. The SMILES string of the molecule is c1ccc(B(c2ccccc2)n2c3ccccc3c3cc4c5ccccc5c5nc6ccccc6n5c4cc32)cc1. The lowest BCUT2D eigenvalue weighted by Gasteiger charge is -2.19. The van der Waals surface area contributed by atoms with Crippen LogP contribution in [0.2, 0.25) is 0 Å². The second kappa shape index (κ2) is 8.58. The van der Waals surface area contributed by atoms with E-state index in [9.17, 15) is 0 Å². The fourth-order valence-electron chi connectivity index (χ4n) is 6.84. The van der Waals surface area contributed by atoms with E-state index in [2.05, 4.69) is 154 Å². The van der Waals surface area contributed by atoms with Gasteiger partial charge in [-0.05, 0) is 35.7 Å². The molecule has 0 spiro atoms. The first-order valence-electron chi connectivity index (χ1n) is 14.1. The minimum absolute atomic E-state index is 0.0210. The van der Waals surface area contributed by atoms with Crippen molar-refractivity contribution < 1.29 is 0 Å². The highest BCUT2D eigenvalue weighted by Gasteiger charge is 2.27. The summed E-state index contributed by atoms with van der Waals surface area (Å²) in [6.45, 7) is 0.0210. The molecule has 0 saturated heterocycles. The van der Waals surface area contributed by atoms with Crippen LogP contribution in [0.25, 0.3) is 60.2 Å². The monoisotopic (exact) mass is 521 g/mol. The molecule has 3 nitrogen and oxygen atoms in total. The lowest BCUT2D eigenvalue weighted by atomic mass is 9.50. The Hall–Kier alpha value is -5.35. The van der Waals surface area contributed by atoms with Crippen LogP contribution in [-0.4, -0.2) is 20.7 Å². The molecule has 0 aliphatic heterocycles. The number of fused-ring (bicyclic) bond motifs is 11. The van der Waals surface area contributed by atoms with Gasteiger partial charge in [0.25, 0.3) is 0 Å². The van der Waals surface area contributed by atoms with Crippen LogP contribution in [0, 0.1) is 0 Å². The van der Waals surface area contributed by atoms with Crippen molar-refractivity contribution in [2.24, 2.45) is 0 Å². The van der Waals surface area contributed by atoms with E-state index in [1.54, 1.807) is 0 Å².